The van der Waals surface area contributed by atoms with Gasteiger partial charge in [-0.15, -0.1) is 0 Å². The molecule has 28 heavy (non-hydrogen) atoms. The van der Waals surface area contributed by atoms with Gasteiger partial charge in [0.05, 0.1) is 0 Å². The lowest BCUT2D eigenvalue weighted by atomic mass is 10.1. The molecule has 6 heteroatoms. The number of hydrogen-bond acceptors (Lipinski definition) is 4. The van der Waals surface area contributed by atoms with Gasteiger partial charge in [0.1, 0.15) is 5.65 Å². The molecule has 0 bridgehead atoms. The Morgan fingerprint density at radius 2 is 1.79 bits per heavy atom. The van der Waals surface area contributed by atoms with Crippen molar-refractivity contribution in [3.63, 3.8) is 0 Å². The van der Waals surface area contributed by atoms with E-state index in [9.17, 15) is 4.79 Å². The van der Waals surface area contributed by atoms with Gasteiger partial charge in [-0.25, -0.2) is 4.98 Å². The highest BCUT2D eigenvalue weighted by atomic mass is 16.1. The van der Waals surface area contributed by atoms with Crippen molar-refractivity contribution in [2.24, 2.45) is 5.73 Å². The number of primary amides is 1. The SMILES string of the molecule is CN1CCCCC1.Cc1cccc(-n2ccc3cc(C=O)cnc32)c1.NC=O. The van der Waals surface area contributed by atoms with Crippen molar-refractivity contribution in [2.75, 3.05) is 20.1 Å². The van der Waals surface area contributed by atoms with Crippen LogP contribution in [0.3, 0.4) is 0 Å². The van der Waals surface area contributed by atoms with E-state index >= 15 is 0 Å². The first-order valence-electron chi connectivity index (χ1n) is 9.42. The Morgan fingerprint density at radius 1 is 1.07 bits per heavy atom. The van der Waals surface area contributed by atoms with E-state index in [1.54, 1.807) is 6.20 Å². The van der Waals surface area contributed by atoms with E-state index in [0.717, 1.165) is 23.0 Å². The molecule has 0 spiro atoms. The fourth-order valence-electron chi connectivity index (χ4n) is 3.14. The molecule has 0 unspecified atom stereocenters. The predicted octanol–water partition coefficient (Wildman–Crippen LogP) is 3.35. The Balaban J connectivity index is 0.000000233. The molecule has 2 aromatic heterocycles. The number of rotatable bonds is 2. The maximum Gasteiger partial charge on any atom is 0.204 e. The second-order valence-corrected chi connectivity index (χ2v) is 6.82. The van der Waals surface area contributed by atoms with Gasteiger partial charge in [0.15, 0.2) is 6.29 Å². The lowest BCUT2D eigenvalue weighted by molar-refractivity contribution is -0.106. The van der Waals surface area contributed by atoms with Crippen LogP contribution in [0.15, 0.2) is 48.8 Å². The zero-order valence-corrected chi connectivity index (χ0v) is 16.5. The summed E-state index contributed by atoms with van der Waals surface area (Å²) in [5.74, 6) is 0. The minimum absolute atomic E-state index is 0.250. The van der Waals surface area contributed by atoms with E-state index in [1.165, 1.54) is 37.9 Å². The number of fused-ring (bicyclic) bond motifs is 1. The minimum Gasteiger partial charge on any atom is -0.372 e. The molecule has 0 aliphatic carbocycles. The van der Waals surface area contributed by atoms with Gasteiger partial charge in [-0.1, -0.05) is 18.6 Å². The van der Waals surface area contributed by atoms with Gasteiger partial charge in [0, 0.05) is 29.0 Å². The summed E-state index contributed by atoms with van der Waals surface area (Å²) in [6.45, 7) is 4.70. The van der Waals surface area contributed by atoms with Gasteiger partial charge in [-0.05, 0) is 69.7 Å². The number of aromatic nitrogens is 2. The summed E-state index contributed by atoms with van der Waals surface area (Å²) in [4.78, 5) is 26.1. The van der Waals surface area contributed by atoms with Crippen LogP contribution in [0.4, 0.5) is 0 Å². The number of benzene rings is 1. The quantitative estimate of drug-likeness (QED) is 0.691. The van der Waals surface area contributed by atoms with Gasteiger partial charge in [0.25, 0.3) is 0 Å². The van der Waals surface area contributed by atoms with Gasteiger partial charge in [-0.2, -0.15) is 0 Å². The fraction of sp³-hybridized carbons (Fsp3) is 0.318. The predicted molar refractivity (Wildman–Crippen MR) is 113 cm³/mol. The number of carbonyl (C=O) groups is 2. The number of likely N-dealkylation sites (tertiary alicyclic amines) is 1. The van der Waals surface area contributed by atoms with Gasteiger partial charge in [-0.3, -0.25) is 9.59 Å². The Hall–Kier alpha value is -2.99. The maximum atomic E-state index is 10.7. The summed E-state index contributed by atoms with van der Waals surface area (Å²) >= 11 is 0. The number of carbonyl (C=O) groups excluding carboxylic acids is 2. The lowest BCUT2D eigenvalue weighted by Gasteiger charge is -2.20. The molecular formula is C22H28N4O2. The smallest absolute Gasteiger partial charge is 0.204 e. The fourth-order valence-corrected chi connectivity index (χ4v) is 3.14. The van der Waals surface area contributed by atoms with E-state index in [2.05, 4.69) is 41.7 Å². The van der Waals surface area contributed by atoms with Gasteiger partial charge < -0.3 is 15.2 Å². The number of nitrogens with zero attached hydrogens (tertiary/aromatic N) is 3. The van der Waals surface area contributed by atoms with Crippen LogP contribution in [0, 0.1) is 6.92 Å². The molecule has 0 radical (unpaired) electrons. The Labute approximate surface area is 166 Å². The molecule has 6 nitrogen and oxygen atoms in total. The standard InChI is InChI=1S/C15H12N2O.C6H13N.CH3NO/c1-11-3-2-4-14(7-11)17-6-5-13-8-12(10-18)9-16-15(13)17;1-7-5-3-2-4-6-7;2-1-3/h2-10H,1H3;2-6H2,1H3;1H,(H2,2,3). The lowest BCUT2D eigenvalue weighted by Crippen LogP contribution is -2.24. The molecule has 3 aromatic rings. The molecule has 0 saturated carbocycles. The van der Waals surface area contributed by atoms with Crippen molar-refractivity contribution in [3.8, 4) is 5.69 Å². The van der Waals surface area contributed by atoms with Crippen LogP contribution in [-0.4, -0.2) is 47.3 Å². The molecule has 1 fully saturated rings. The molecule has 3 heterocycles. The third kappa shape index (κ3) is 6.03. The summed E-state index contributed by atoms with van der Waals surface area (Å²) in [5, 5.41) is 0.973. The van der Waals surface area contributed by atoms with Crippen LogP contribution in [0.25, 0.3) is 16.7 Å². The third-order valence-electron chi connectivity index (χ3n) is 4.54. The number of pyridine rings is 1. The number of aryl methyl sites for hydroxylation is 1. The van der Waals surface area contributed by atoms with Crippen molar-refractivity contribution in [1.82, 2.24) is 14.5 Å². The zero-order chi connectivity index (χ0) is 20.4. The summed E-state index contributed by atoms with van der Waals surface area (Å²) in [6.07, 6.45) is 8.91. The molecule has 1 amide bonds. The molecule has 148 valence electrons. The zero-order valence-electron chi connectivity index (χ0n) is 16.5. The molecule has 0 atom stereocenters. The first kappa shape index (κ1) is 21.3. The molecule has 1 aromatic carbocycles. The minimum atomic E-state index is 0.250. The van der Waals surface area contributed by atoms with Crippen LogP contribution in [0.1, 0.15) is 35.2 Å². The molecule has 1 saturated heterocycles. The summed E-state index contributed by atoms with van der Waals surface area (Å²) < 4.78 is 2.02. The third-order valence-corrected chi connectivity index (χ3v) is 4.54. The monoisotopic (exact) mass is 380 g/mol. The second kappa shape index (κ2) is 11.0. The summed E-state index contributed by atoms with van der Waals surface area (Å²) in [6, 6.07) is 12.1. The maximum absolute atomic E-state index is 10.7. The van der Waals surface area contributed by atoms with Gasteiger partial charge in [0.2, 0.25) is 6.41 Å². The molecular weight excluding hydrogens is 352 g/mol. The molecule has 1 aliphatic rings. The number of piperidine rings is 1. The first-order chi connectivity index (χ1) is 13.6. The second-order valence-electron chi connectivity index (χ2n) is 6.82. The molecule has 2 N–H and O–H groups in total. The van der Waals surface area contributed by atoms with E-state index in [0.29, 0.717) is 5.56 Å². The first-order valence-corrected chi connectivity index (χ1v) is 9.42. The summed E-state index contributed by atoms with van der Waals surface area (Å²) in [7, 11) is 2.19. The topological polar surface area (TPSA) is 81.2 Å². The van der Waals surface area contributed by atoms with Crippen LogP contribution in [-0.2, 0) is 4.79 Å². The van der Waals surface area contributed by atoms with Crippen molar-refractivity contribution >= 4 is 23.7 Å². The highest BCUT2D eigenvalue weighted by molar-refractivity contribution is 5.85. The highest BCUT2D eigenvalue weighted by Crippen LogP contribution is 2.19. The molecule has 4 rings (SSSR count). The summed E-state index contributed by atoms with van der Waals surface area (Å²) in [5.41, 5.74) is 7.92. The average Bonchev–Trinajstić information content (AvgIpc) is 3.13. The van der Waals surface area contributed by atoms with Crippen molar-refractivity contribution in [3.05, 3.63) is 59.9 Å². The van der Waals surface area contributed by atoms with E-state index in [4.69, 9.17) is 4.79 Å². The van der Waals surface area contributed by atoms with Crippen LogP contribution in [0.5, 0.6) is 0 Å². The number of hydrogen-bond donors (Lipinski definition) is 1. The van der Waals surface area contributed by atoms with Crippen LogP contribution >= 0.6 is 0 Å². The normalized spacial score (nSPS) is 13.6. The number of aldehydes is 1. The van der Waals surface area contributed by atoms with Gasteiger partial charge >= 0.3 is 0 Å². The number of amides is 1. The van der Waals surface area contributed by atoms with Crippen molar-refractivity contribution in [2.45, 2.75) is 26.2 Å². The average molecular weight is 380 g/mol. The van der Waals surface area contributed by atoms with Crippen molar-refractivity contribution < 1.29 is 9.59 Å². The number of nitrogens with two attached hydrogens (primary N) is 1. The molecule has 1 aliphatic heterocycles. The van der Waals surface area contributed by atoms with Crippen molar-refractivity contribution in [1.29, 1.82) is 0 Å². The van der Waals surface area contributed by atoms with E-state index < -0.39 is 0 Å². The van der Waals surface area contributed by atoms with Crippen LogP contribution in [0.2, 0.25) is 0 Å². The van der Waals surface area contributed by atoms with E-state index in [1.807, 2.05) is 35.0 Å². The van der Waals surface area contributed by atoms with E-state index in [-0.39, 0.29) is 6.41 Å². The Morgan fingerprint density at radius 3 is 2.36 bits per heavy atom. The Kier molecular flexibility index (Phi) is 8.37. The van der Waals surface area contributed by atoms with Crippen LogP contribution < -0.4 is 5.73 Å². The highest BCUT2D eigenvalue weighted by Gasteiger charge is 2.05. The Bertz CT molecular complexity index is 898. The largest absolute Gasteiger partial charge is 0.372 e.